The molecule has 0 saturated carbocycles. The number of rotatable bonds is 5. The van der Waals surface area contributed by atoms with Crippen LogP contribution in [0.2, 0.25) is 0 Å². The van der Waals surface area contributed by atoms with Crippen LogP contribution in [0.1, 0.15) is 12.0 Å². The first-order valence-electron chi connectivity index (χ1n) is 6.34. The third-order valence-corrected chi connectivity index (χ3v) is 6.53. The fourth-order valence-corrected chi connectivity index (χ4v) is 5.23. The van der Waals surface area contributed by atoms with Crippen molar-refractivity contribution in [3.8, 4) is 0 Å². The maximum Gasteiger partial charge on any atom is 0.240 e. The molecule has 1 aromatic rings. The summed E-state index contributed by atoms with van der Waals surface area (Å²) in [7, 11) is -6.78. The van der Waals surface area contributed by atoms with Gasteiger partial charge in [-0.3, -0.25) is 0 Å². The molecule has 1 aliphatic heterocycles. The highest BCUT2D eigenvalue weighted by molar-refractivity contribution is 7.92. The average molecular weight is 318 g/mol. The van der Waals surface area contributed by atoms with E-state index < -0.39 is 25.9 Å². The summed E-state index contributed by atoms with van der Waals surface area (Å²) in [5.41, 5.74) is 6.40. The molecule has 8 heteroatoms. The zero-order valence-corrected chi connectivity index (χ0v) is 12.6. The summed E-state index contributed by atoms with van der Waals surface area (Å²) >= 11 is 0. The van der Waals surface area contributed by atoms with Crippen molar-refractivity contribution < 1.29 is 16.8 Å². The molecule has 0 aliphatic carbocycles. The highest BCUT2D eigenvalue weighted by atomic mass is 32.2. The molecule has 1 saturated heterocycles. The van der Waals surface area contributed by atoms with Crippen molar-refractivity contribution >= 4 is 19.9 Å². The van der Waals surface area contributed by atoms with Gasteiger partial charge < -0.3 is 5.73 Å². The van der Waals surface area contributed by atoms with Gasteiger partial charge in [0.1, 0.15) is 0 Å². The van der Waals surface area contributed by atoms with Gasteiger partial charge in [-0.05, 0) is 37.1 Å². The van der Waals surface area contributed by atoms with Crippen LogP contribution in [0, 0.1) is 0 Å². The van der Waals surface area contributed by atoms with Gasteiger partial charge in [-0.2, -0.15) is 0 Å². The molecular weight excluding hydrogens is 300 g/mol. The van der Waals surface area contributed by atoms with Gasteiger partial charge in [0.25, 0.3) is 0 Å². The lowest BCUT2D eigenvalue weighted by molar-refractivity contribution is 0.562. The van der Waals surface area contributed by atoms with Crippen LogP contribution in [0.5, 0.6) is 0 Å². The zero-order valence-electron chi connectivity index (χ0n) is 10.9. The minimum atomic E-state index is -3.67. The Morgan fingerprint density at radius 1 is 1.25 bits per heavy atom. The van der Waals surface area contributed by atoms with Gasteiger partial charge in [0.15, 0.2) is 9.84 Å². The second kappa shape index (κ2) is 5.80. The first kappa shape index (κ1) is 15.4. The molecule has 2 rings (SSSR count). The van der Waals surface area contributed by atoms with E-state index in [4.69, 9.17) is 5.73 Å². The largest absolute Gasteiger partial charge is 0.330 e. The van der Waals surface area contributed by atoms with Gasteiger partial charge in [0, 0.05) is 6.04 Å². The highest BCUT2D eigenvalue weighted by Gasteiger charge is 2.31. The minimum absolute atomic E-state index is 0.0373. The van der Waals surface area contributed by atoms with E-state index in [1.165, 1.54) is 12.1 Å². The zero-order chi connectivity index (χ0) is 14.8. The maximum absolute atomic E-state index is 12.1. The van der Waals surface area contributed by atoms with Crippen LogP contribution >= 0.6 is 0 Å². The first-order chi connectivity index (χ1) is 9.32. The lowest BCUT2D eigenvalue weighted by atomic mass is 10.2. The number of sulfone groups is 1. The van der Waals surface area contributed by atoms with Crippen LogP contribution in [0.4, 0.5) is 0 Å². The van der Waals surface area contributed by atoms with Crippen LogP contribution in [0.25, 0.3) is 0 Å². The van der Waals surface area contributed by atoms with Gasteiger partial charge >= 0.3 is 0 Å². The lowest BCUT2D eigenvalue weighted by Gasteiger charge is -2.11. The normalized spacial score (nSPS) is 21.9. The number of hydrogen-bond acceptors (Lipinski definition) is 5. The smallest absolute Gasteiger partial charge is 0.240 e. The standard InChI is InChI=1S/C12H18N2O4S2/c13-7-5-10-1-3-12(4-2-10)20(17,18)14-11-6-8-19(15,16)9-11/h1-4,11,14H,5-9,13H2. The van der Waals surface area contributed by atoms with E-state index in [1.807, 2.05) is 0 Å². The Bertz CT molecular complexity index is 666. The molecule has 1 heterocycles. The van der Waals surface area contributed by atoms with Crippen LogP contribution in [0.15, 0.2) is 29.2 Å². The molecule has 3 N–H and O–H groups in total. The number of sulfonamides is 1. The van der Waals surface area contributed by atoms with E-state index >= 15 is 0 Å². The van der Waals surface area contributed by atoms with Crippen LogP contribution in [-0.2, 0) is 26.3 Å². The molecular formula is C12H18N2O4S2. The predicted octanol–water partition coefficient (Wildman–Crippen LogP) is -0.347. The Morgan fingerprint density at radius 3 is 2.40 bits per heavy atom. The summed E-state index contributed by atoms with van der Waals surface area (Å²) in [4.78, 5) is 0.141. The van der Waals surface area contributed by atoms with Crippen molar-refractivity contribution in [1.82, 2.24) is 4.72 Å². The number of benzene rings is 1. The number of hydrogen-bond donors (Lipinski definition) is 2. The van der Waals surface area contributed by atoms with E-state index in [2.05, 4.69) is 4.72 Å². The van der Waals surface area contributed by atoms with Gasteiger partial charge in [0.2, 0.25) is 10.0 Å². The van der Waals surface area contributed by atoms with Gasteiger partial charge in [-0.15, -0.1) is 0 Å². The summed E-state index contributed by atoms with van der Waals surface area (Å²) in [5, 5.41) is 0. The molecule has 0 radical (unpaired) electrons. The van der Waals surface area contributed by atoms with Crippen molar-refractivity contribution in [1.29, 1.82) is 0 Å². The molecule has 0 bridgehead atoms. The quantitative estimate of drug-likeness (QED) is 0.772. The van der Waals surface area contributed by atoms with Crippen molar-refractivity contribution in [2.45, 2.75) is 23.8 Å². The lowest BCUT2D eigenvalue weighted by Crippen LogP contribution is -2.35. The number of nitrogens with two attached hydrogens (primary N) is 1. The third-order valence-electron chi connectivity index (χ3n) is 3.22. The van der Waals surface area contributed by atoms with Crippen molar-refractivity contribution in [2.75, 3.05) is 18.1 Å². The minimum Gasteiger partial charge on any atom is -0.330 e. The Kier molecular flexibility index (Phi) is 4.48. The van der Waals surface area contributed by atoms with E-state index in [1.54, 1.807) is 12.1 Å². The molecule has 1 fully saturated rings. The fourth-order valence-electron chi connectivity index (χ4n) is 2.18. The van der Waals surface area contributed by atoms with Crippen molar-refractivity contribution in [3.63, 3.8) is 0 Å². The summed E-state index contributed by atoms with van der Waals surface area (Å²) in [6.45, 7) is 0.504. The molecule has 0 spiro atoms. The summed E-state index contributed by atoms with van der Waals surface area (Å²) < 4.78 is 49.4. The second-order valence-electron chi connectivity index (χ2n) is 4.90. The average Bonchev–Trinajstić information content (AvgIpc) is 2.69. The van der Waals surface area contributed by atoms with E-state index in [-0.39, 0.29) is 16.4 Å². The van der Waals surface area contributed by atoms with Crippen LogP contribution in [-0.4, -0.2) is 40.9 Å². The Labute approximate surface area is 119 Å². The summed E-state index contributed by atoms with van der Waals surface area (Å²) in [5.74, 6) is -0.0902. The SMILES string of the molecule is NCCc1ccc(S(=O)(=O)NC2CCS(=O)(=O)C2)cc1. The third kappa shape index (κ3) is 3.78. The fraction of sp³-hybridized carbons (Fsp3) is 0.500. The second-order valence-corrected chi connectivity index (χ2v) is 8.85. The number of nitrogens with one attached hydrogen (secondary N) is 1. The van der Waals surface area contributed by atoms with Crippen LogP contribution < -0.4 is 10.5 Å². The molecule has 0 aromatic heterocycles. The molecule has 1 aliphatic rings. The Balaban J connectivity index is 2.10. The highest BCUT2D eigenvalue weighted by Crippen LogP contribution is 2.16. The summed E-state index contributed by atoms with van der Waals surface area (Å²) in [6, 6.07) is 5.92. The molecule has 1 atom stereocenters. The molecule has 112 valence electrons. The van der Waals surface area contributed by atoms with E-state index in [0.29, 0.717) is 19.4 Å². The molecule has 1 aromatic carbocycles. The van der Waals surface area contributed by atoms with E-state index in [0.717, 1.165) is 5.56 Å². The van der Waals surface area contributed by atoms with Crippen molar-refractivity contribution in [2.24, 2.45) is 5.73 Å². The molecule has 20 heavy (non-hydrogen) atoms. The predicted molar refractivity (Wildman–Crippen MR) is 76.6 cm³/mol. The van der Waals surface area contributed by atoms with Crippen LogP contribution in [0.3, 0.4) is 0 Å². The van der Waals surface area contributed by atoms with Gasteiger partial charge in [-0.25, -0.2) is 21.6 Å². The Morgan fingerprint density at radius 2 is 1.90 bits per heavy atom. The van der Waals surface area contributed by atoms with Crippen molar-refractivity contribution in [3.05, 3.63) is 29.8 Å². The Hall–Kier alpha value is -0.960. The van der Waals surface area contributed by atoms with Gasteiger partial charge in [0.05, 0.1) is 16.4 Å². The molecule has 6 nitrogen and oxygen atoms in total. The molecule has 0 amide bonds. The monoisotopic (exact) mass is 318 g/mol. The first-order valence-corrected chi connectivity index (χ1v) is 9.65. The topological polar surface area (TPSA) is 106 Å². The molecule has 1 unspecified atom stereocenters. The summed E-state index contributed by atoms with van der Waals surface area (Å²) in [6.07, 6.45) is 1.02. The maximum atomic E-state index is 12.1. The van der Waals surface area contributed by atoms with Gasteiger partial charge in [-0.1, -0.05) is 12.1 Å². The van der Waals surface area contributed by atoms with E-state index in [9.17, 15) is 16.8 Å².